The van der Waals surface area contributed by atoms with Gasteiger partial charge in [-0.25, -0.2) is 0 Å². The number of aliphatic hydroxyl groups excluding tert-OH is 1. The van der Waals surface area contributed by atoms with E-state index in [9.17, 15) is 14.7 Å². The van der Waals surface area contributed by atoms with E-state index in [0.29, 0.717) is 5.58 Å². The summed E-state index contributed by atoms with van der Waals surface area (Å²) in [5, 5.41) is 13.5. The highest BCUT2D eigenvalue weighted by Gasteiger charge is 2.47. The summed E-state index contributed by atoms with van der Waals surface area (Å²) in [6.45, 7) is 0. The van der Waals surface area contributed by atoms with Gasteiger partial charge in [-0.1, -0.05) is 43.5 Å². The largest absolute Gasteiger partial charge is 0.503 e. The fraction of sp³-hybridized carbons (Fsp3) is 0.304. The van der Waals surface area contributed by atoms with Gasteiger partial charge in [0.15, 0.2) is 11.5 Å². The predicted octanol–water partition coefficient (Wildman–Crippen LogP) is 5.41. The molecule has 1 aliphatic carbocycles. The van der Waals surface area contributed by atoms with E-state index >= 15 is 0 Å². The summed E-state index contributed by atoms with van der Waals surface area (Å²) in [7, 11) is 0. The Morgan fingerprint density at radius 2 is 1.90 bits per heavy atom. The molecule has 1 fully saturated rings. The number of Topliss-reactive ketones (excluding diaryl/α,β-unsaturated/α-hetero) is 1. The average molecular weight is 407 g/mol. The molecule has 0 spiro atoms. The number of hydrogen-bond acceptors (Lipinski definition) is 5. The molecule has 5 rings (SSSR count). The summed E-state index contributed by atoms with van der Waals surface area (Å²) in [5.41, 5.74) is 0.735. The fourth-order valence-electron chi connectivity index (χ4n) is 4.54. The van der Waals surface area contributed by atoms with Gasteiger partial charge in [0.25, 0.3) is 5.91 Å². The van der Waals surface area contributed by atoms with Crippen molar-refractivity contribution in [3.63, 3.8) is 0 Å². The first kappa shape index (κ1) is 18.2. The van der Waals surface area contributed by atoms with Crippen molar-refractivity contribution in [2.45, 2.75) is 44.2 Å². The number of para-hydroxylation sites is 1. The van der Waals surface area contributed by atoms with Crippen molar-refractivity contribution in [1.82, 2.24) is 4.90 Å². The first-order chi connectivity index (χ1) is 14.1. The van der Waals surface area contributed by atoms with Crippen molar-refractivity contribution < 1.29 is 19.1 Å². The quantitative estimate of drug-likeness (QED) is 0.588. The van der Waals surface area contributed by atoms with Gasteiger partial charge in [0.2, 0.25) is 5.78 Å². The van der Waals surface area contributed by atoms with E-state index < -0.39 is 23.5 Å². The lowest BCUT2D eigenvalue weighted by Crippen LogP contribution is -2.41. The molecular formula is C23H21NO4S. The van der Waals surface area contributed by atoms with Crippen LogP contribution >= 0.6 is 11.3 Å². The van der Waals surface area contributed by atoms with E-state index in [1.807, 2.05) is 35.7 Å². The second-order valence-corrected chi connectivity index (χ2v) is 8.64. The van der Waals surface area contributed by atoms with Crippen LogP contribution in [0.1, 0.15) is 53.6 Å². The zero-order chi connectivity index (χ0) is 20.0. The number of aliphatic hydroxyl groups is 1. The lowest BCUT2D eigenvalue weighted by molar-refractivity contribution is -0.132. The van der Waals surface area contributed by atoms with Gasteiger partial charge in [-0.05, 0) is 36.4 Å². The molecule has 0 bridgehead atoms. The van der Waals surface area contributed by atoms with Gasteiger partial charge in [0, 0.05) is 16.3 Å². The highest BCUT2D eigenvalue weighted by Crippen LogP contribution is 2.44. The van der Waals surface area contributed by atoms with Crippen LogP contribution < -0.4 is 0 Å². The van der Waals surface area contributed by atoms with Crippen LogP contribution in [0.3, 0.4) is 0 Å². The van der Waals surface area contributed by atoms with E-state index in [4.69, 9.17) is 4.42 Å². The van der Waals surface area contributed by atoms with E-state index in [2.05, 4.69) is 0 Å². The van der Waals surface area contributed by atoms with Gasteiger partial charge in [-0.2, -0.15) is 0 Å². The number of furan rings is 1. The van der Waals surface area contributed by atoms with Gasteiger partial charge in [-0.15, -0.1) is 11.3 Å². The molecule has 1 aromatic carbocycles. The maximum absolute atomic E-state index is 13.4. The van der Waals surface area contributed by atoms with Crippen LogP contribution in [0.5, 0.6) is 0 Å². The van der Waals surface area contributed by atoms with Gasteiger partial charge in [0.1, 0.15) is 11.6 Å². The SMILES string of the molecule is O=C(C1=C(O)C(=O)N(C2CCCCC2)C1c1cccs1)c1cc2ccccc2o1. The van der Waals surface area contributed by atoms with Crippen LogP contribution in [0.2, 0.25) is 0 Å². The van der Waals surface area contributed by atoms with Crippen molar-refractivity contribution in [2.75, 3.05) is 0 Å². The maximum atomic E-state index is 13.4. The standard InChI is InChI=1S/C23H21NO4S/c25-21(17-13-14-7-4-5-10-16(14)28-17)19-20(18-11-6-12-29-18)24(23(27)22(19)26)15-8-2-1-3-9-15/h4-7,10-13,15,20,26H,1-3,8-9H2. The third kappa shape index (κ3) is 2.99. The summed E-state index contributed by atoms with van der Waals surface area (Å²) in [6.07, 6.45) is 5.06. The van der Waals surface area contributed by atoms with Crippen LogP contribution in [0.4, 0.5) is 0 Å². The number of rotatable bonds is 4. The third-order valence-electron chi connectivity index (χ3n) is 5.92. The minimum Gasteiger partial charge on any atom is -0.503 e. The Hall–Kier alpha value is -2.86. The zero-order valence-electron chi connectivity index (χ0n) is 15.8. The first-order valence-electron chi connectivity index (χ1n) is 9.97. The van der Waals surface area contributed by atoms with Crippen molar-refractivity contribution in [3.8, 4) is 0 Å². The smallest absolute Gasteiger partial charge is 0.290 e. The summed E-state index contributed by atoms with van der Waals surface area (Å²) in [5.74, 6) is -1.18. The van der Waals surface area contributed by atoms with Crippen LogP contribution in [-0.2, 0) is 4.79 Å². The van der Waals surface area contributed by atoms with Crippen molar-refractivity contribution >= 4 is 34.0 Å². The minimum absolute atomic E-state index is 0.0338. The molecular weight excluding hydrogens is 386 g/mol. The highest BCUT2D eigenvalue weighted by molar-refractivity contribution is 7.10. The van der Waals surface area contributed by atoms with E-state index in [1.54, 1.807) is 17.0 Å². The Balaban J connectivity index is 1.59. The molecule has 1 N–H and O–H groups in total. The lowest BCUT2D eigenvalue weighted by atomic mass is 9.92. The summed E-state index contributed by atoms with van der Waals surface area (Å²) < 4.78 is 5.75. The van der Waals surface area contributed by atoms with Crippen LogP contribution in [0.25, 0.3) is 11.0 Å². The van der Waals surface area contributed by atoms with Gasteiger partial charge in [-0.3, -0.25) is 9.59 Å². The van der Waals surface area contributed by atoms with E-state index in [0.717, 1.165) is 42.4 Å². The van der Waals surface area contributed by atoms with Gasteiger partial charge < -0.3 is 14.4 Å². The zero-order valence-corrected chi connectivity index (χ0v) is 16.7. The number of carbonyl (C=O) groups is 2. The van der Waals surface area contributed by atoms with Crippen molar-refractivity contribution in [2.24, 2.45) is 0 Å². The van der Waals surface area contributed by atoms with Crippen molar-refractivity contribution in [1.29, 1.82) is 0 Å². The molecule has 148 valence electrons. The fourth-order valence-corrected chi connectivity index (χ4v) is 5.38. The summed E-state index contributed by atoms with van der Waals surface area (Å²) >= 11 is 1.49. The minimum atomic E-state index is -0.564. The van der Waals surface area contributed by atoms with Crippen LogP contribution in [0.15, 0.2) is 63.6 Å². The molecule has 29 heavy (non-hydrogen) atoms. The van der Waals surface area contributed by atoms with E-state index in [-0.39, 0.29) is 17.4 Å². The molecule has 3 aromatic rings. The number of hydrogen-bond donors (Lipinski definition) is 1. The second-order valence-electron chi connectivity index (χ2n) is 7.66. The monoisotopic (exact) mass is 407 g/mol. The molecule has 0 radical (unpaired) electrons. The number of nitrogens with zero attached hydrogens (tertiary/aromatic N) is 1. The number of thiophene rings is 1. The summed E-state index contributed by atoms with van der Waals surface area (Å²) in [4.78, 5) is 29.1. The van der Waals surface area contributed by atoms with E-state index in [1.165, 1.54) is 11.3 Å². The molecule has 3 heterocycles. The molecule has 1 atom stereocenters. The molecule has 0 saturated heterocycles. The topological polar surface area (TPSA) is 70.8 Å². The molecule has 5 nitrogen and oxygen atoms in total. The Kier molecular flexibility index (Phi) is 4.51. The predicted molar refractivity (Wildman–Crippen MR) is 111 cm³/mol. The Morgan fingerprint density at radius 1 is 1.10 bits per heavy atom. The Labute approximate surface area is 172 Å². The Morgan fingerprint density at radius 3 is 2.62 bits per heavy atom. The summed E-state index contributed by atoms with van der Waals surface area (Å²) in [6, 6.07) is 12.4. The Bertz CT molecular complexity index is 1070. The second kappa shape index (κ2) is 7.19. The average Bonchev–Trinajstić information content (AvgIpc) is 3.47. The molecule has 2 aliphatic rings. The van der Waals surface area contributed by atoms with Crippen LogP contribution in [0, 0.1) is 0 Å². The highest BCUT2D eigenvalue weighted by atomic mass is 32.1. The number of ketones is 1. The lowest BCUT2D eigenvalue weighted by Gasteiger charge is -2.35. The number of fused-ring (bicyclic) bond motifs is 1. The molecule has 6 heteroatoms. The number of carbonyl (C=O) groups excluding carboxylic acids is 2. The molecule has 2 aromatic heterocycles. The molecule has 1 saturated carbocycles. The van der Waals surface area contributed by atoms with Crippen LogP contribution in [-0.4, -0.2) is 27.7 Å². The number of benzene rings is 1. The normalized spacial score (nSPS) is 20.8. The number of amides is 1. The first-order valence-corrected chi connectivity index (χ1v) is 10.9. The van der Waals surface area contributed by atoms with Gasteiger partial charge in [0.05, 0.1) is 5.57 Å². The van der Waals surface area contributed by atoms with Crippen molar-refractivity contribution in [3.05, 3.63) is 69.8 Å². The third-order valence-corrected chi connectivity index (χ3v) is 6.84. The molecule has 1 unspecified atom stereocenters. The molecule has 1 amide bonds. The van der Waals surface area contributed by atoms with Gasteiger partial charge >= 0.3 is 0 Å². The molecule has 1 aliphatic heterocycles. The maximum Gasteiger partial charge on any atom is 0.290 e.